The summed E-state index contributed by atoms with van der Waals surface area (Å²) >= 11 is 0. The second kappa shape index (κ2) is 3.15. The highest BCUT2D eigenvalue weighted by Gasteiger charge is 2.11. The van der Waals surface area contributed by atoms with Gasteiger partial charge in [0.2, 0.25) is 0 Å². The zero-order valence-electron chi connectivity index (χ0n) is 7.08. The van der Waals surface area contributed by atoms with Crippen molar-refractivity contribution in [3.05, 3.63) is 12.0 Å². The van der Waals surface area contributed by atoms with Crippen molar-refractivity contribution in [2.45, 2.75) is 19.4 Å². The number of imidazole rings is 1. The summed E-state index contributed by atoms with van der Waals surface area (Å²) in [7, 11) is 0. The third-order valence-corrected chi connectivity index (χ3v) is 2.17. The van der Waals surface area contributed by atoms with Crippen LogP contribution in [0.2, 0.25) is 0 Å². The zero-order valence-corrected chi connectivity index (χ0v) is 7.08. The lowest BCUT2D eigenvalue weighted by Crippen LogP contribution is -2.19. The third-order valence-electron chi connectivity index (χ3n) is 2.17. The number of nitrogens with two attached hydrogens (primary N) is 1. The van der Waals surface area contributed by atoms with E-state index < -0.39 is 0 Å². The summed E-state index contributed by atoms with van der Waals surface area (Å²) in [6.07, 6.45) is 3.95. The Bertz CT molecular complexity index is 266. The largest absolute Gasteiger partial charge is 0.370 e. The van der Waals surface area contributed by atoms with E-state index in [1.165, 1.54) is 6.42 Å². The van der Waals surface area contributed by atoms with Crippen molar-refractivity contribution in [1.29, 1.82) is 0 Å². The van der Waals surface area contributed by atoms with Crippen LogP contribution < -0.4 is 11.1 Å². The van der Waals surface area contributed by atoms with Crippen molar-refractivity contribution < 1.29 is 0 Å². The molecule has 1 aromatic heterocycles. The van der Waals surface area contributed by atoms with Crippen molar-refractivity contribution in [2.24, 2.45) is 5.73 Å². The molecule has 0 radical (unpaired) electrons. The van der Waals surface area contributed by atoms with Gasteiger partial charge in [0.25, 0.3) is 0 Å². The van der Waals surface area contributed by atoms with Crippen molar-refractivity contribution in [2.75, 3.05) is 18.4 Å². The molecule has 2 heterocycles. The summed E-state index contributed by atoms with van der Waals surface area (Å²) in [5.41, 5.74) is 5.48. The van der Waals surface area contributed by atoms with Crippen molar-refractivity contribution in [3.63, 3.8) is 0 Å². The maximum Gasteiger partial charge on any atom is 0.126 e. The Hall–Kier alpha value is -1.03. The summed E-state index contributed by atoms with van der Waals surface area (Å²) in [6, 6.07) is 0. The maximum atomic E-state index is 5.48. The van der Waals surface area contributed by atoms with Gasteiger partial charge in [-0.05, 0) is 13.0 Å². The van der Waals surface area contributed by atoms with Gasteiger partial charge in [0, 0.05) is 19.5 Å². The van der Waals surface area contributed by atoms with Gasteiger partial charge in [-0.25, -0.2) is 4.98 Å². The molecule has 1 aliphatic rings. The molecule has 1 aromatic rings. The molecule has 0 amide bonds. The molecule has 3 N–H and O–H groups in total. The van der Waals surface area contributed by atoms with E-state index in [2.05, 4.69) is 14.9 Å². The summed E-state index contributed by atoms with van der Waals surface area (Å²) in [4.78, 5) is 4.31. The standard InChI is InChI=1S/C8H14N4/c9-3-2-7-11-6-8-10-4-1-5-12(7)8/h6,10H,1-5,9H2. The van der Waals surface area contributed by atoms with Crippen LogP contribution in [0.5, 0.6) is 0 Å². The Kier molecular flexibility index (Phi) is 1.99. The second-order valence-corrected chi connectivity index (χ2v) is 3.03. The Morgan fingerprint density at radius 3 is 3.42 bits per heavy atom. The van der Waals surface area contributed by atoms with Crippen LogP contribution in [-0.4, -0.2) is 22.6 Å². The fraction of sp³-hybridized carbons (Fsp3) is 0.625. The Morgan fingerprint density at radius 1 is 1.67 bits per heavy atom. The Labute approximate surface area is 71.8 Å². The summed E-state index contributed by atoms with van der Waals surface area (Å²) in [5.74, 6) is 2.25. The number of anilines is 1. The molecule has 12 heavy (non-hydrogen) atoms. The van der Waals surface area contributed by atoms with Crippen LogP contribution in [0.25, 0.3) is 0 Å². The predicted octanol–water partition coefficient (Wildman–Crippen LogP) is 0.200. The number of nitrogens with zero attached hydrogens (tertiary/aromatic N) is 2. The smallest absolute Gasteiger partial charge is 0.126 e. The molecule has 0 atom stereocenters. The van der Waals surface area contributed by atoms with Crippen LogP contribution in [0, 0.1) is 0 Å². The Morgan fingerprint density at radius 2 is 2.58 bits per heavy atom. The first kappa shape index (κ1) is 7.61. The third kappa shape index (κ3) is 1.18. The lowest BCUT2D eigenvalue weighted by molar-refractivity contribution is 0.599. The summed E-state index contributed by atoms with van der Waals surface area (Å²) in [5, 5.41) is 3.30. The van der Waals surface area contributed by atoms with Crippen LogP contribution >= 0.6 is 0 Å². The number of hydrogen-bond donors (Lipinski definition) is 2. The molecule has 0 unspecified atom stereocenters. The first-order chi connectivity index (χ1) is 5.92. The second-order valence-electron chi connectivity index (χ2n) is 3.03. The molecule has 4 nitrogen and oxygen atoms in total. The van der Waals surface area contributed by atoms with Gasteiger partial charge in [-0.3, -0.25) is 0 Å². The van der Waals surface area contributed by atoms with Gasteiger partial charge in [0.1, 0.15) is 11.6 Å². The monoisotopic (exact) mass is 166 g/mol. The topological polar surface area (TPSA) is 55.9 Å². The molecule has 0 saturated heterocycles. The molecular formula is C8H14N4. The van der Waals surface area contributed by atoms with Crippen LogP contribution in [-0.2, 0) is 13.0 Å². The van der Waals surface area contributed by atoms with Crippen LogP contribution in [0.15, 0.2) is 6.20 Å². The fourth-order valence-corrected chi connectivity index (χ4v) is 1.59. The summed E-state index contributed by atoms with van der Waals surface area (Å²) in [6.45, 7) is 2.82. The summed E-state index contributed by atoms with van der Waals surface area (Å²) < 4.78 is 2.22. The average Bonchev–Trinajstić information content (AvgIpc) is 2.50. The van der Waals surface area contributed by atoms with Gasteiger partial charge in [-0.15, -0.1) is 0 Å². The van der Waals surface area contributed by atoms with Crippen molar-refractivity contribution >= 4 is 5.82 Å². The van der Waals surface area contributed by atoms with Gasteiger partial charge in [-0.1, -0.05) is 0 Å². The normalized spacial score (nSPS) is 15.4. The van der Waals surface area contributed by atoms with Crippen molar-refractivity contribution in [3.8, 4) is 0 Å². The predicted molar refractivity (Wildman–Crippen MR) is 48.1 cm³/mol. The van der Waals surface area contributed by atoms with Gasteiger partial charge in [-0.2, -0.15) is 0 Å². The highest BCUT2D eigenvalue weighted by molar-refractivity contribution is 5.36. The number of fused-ring (bicyclic) bond motifs is 1. The molecular weight excluding hydrogens is 152 g/mol. The maximum absolute atomic E-state index is 5.48. The molecule has 0 aromatic carbocycles. The minimum Gasteiger partial charge on any atom is -0.370 e. The van der Waals surface area contributed by atoms with E-state index in [0.29, 0.717) is 6.54 Å². The minimum atomic E-state index is 0.677. The molecule has 4 heteroatoms. The number of aromatic nitrogens is 2. The molecule has 66 valence electrons. The van der Waals surface area contributed by atoms with Crippen molar-refractivity contribution in [1.82, 2.24) is 9.55 Å². The lowest BCUT2D eigenvalue weighted by atomic mass is 10.3. The first-order valence-electron chi connectivity index (χ1n) is 4.40. The van der Waals surface area contributed by atoms with E-state index in [1.54, 1.807) is 0 Å². The highest BCUT2D eigenvalue weighted by Crippen LogP contribution is 2.16. The van der Waals surface area contributed by atoms with Crippen LogP contribution in [0.3, 0.4) is 0 Å². The van der Waals surface area contributed by atoms with E-state index in [1.807, 2.05) is 6.20 Å². The van der Waals surface area contributed by atoms with Gasteiger partial charge in [0.05, 0.1) is 6.20 Å². The number of hydrogen-bond acceptors (Lipinski definition) is 3. The van der Waals surface area contributed by atoms with E-state index in [0.717, 1.165) is 31.2 Å². The molecule has 1 aliphatic heterocycles. The number of nitrogens with one attached hydrogen (secondary N) is 1. The van der Waals surface area contributed by atoms with E-state index >= 15 is 0 Å². The molecule has 0 aliphatic carbocycles. The van der Waals surface area contributed by atoms with E-state index in [4.69, 9.17) is 5.73 Å². The Balaban J connectivity index is 2.25. The lowest BCUT2D eigenvalue weighted by Gasteiger charge is -2.17. The highest BCUT2D eigenvalue weighted by atomic mass is 15.2. The van der Waals surface area contributed by atoms with E-state index in [-0.39, 0.29) is 0 Å². The van der Waals surface area contributed by atoms with Crippen LogP contribution in [0.1, 0.15) is 12.2 Å². The van der Waals surface area contributed by atoms with Gasteiger partial charge >= 0.3 is 0 Å². The molecule has 2 rings (SSSR count). The first-order valence-corrected chi connectivity index (χ1v) is 4.40. The minimum absolute atomic E-state index is 0.677. The molecule has 0 fully saturated rings. The van der Waals surface area contributed by atoms with Gasteiger partial charge in [0.15, 0.2) is 0 Å². The van der Waals surface area contributed by atoms with Gasteiger partial charge < -0.3 is 15.6 Å². The zero-order chi connectivity index (χ0) is 8.39. The van der Waals surface area contributed by atoms with E-state index in [9.17, 15) is 0 Å². The molecule has 0 bridgehead atoms. The fourth-order valence-electron chi connectivity index (χ4n) is 1.59. The molecule has 0 saturated carbocycles. The SMILES string of the molecule is NCCc1ncc2n1CCCN2. The average molecular weight is 166 g/mol. The quantitative estimate of drug-likeness (QED) is 0.660. The molecule has 0 spiro atoms. The number of rotatable bonds is 2. The van der Waals surface area contributed by atoms with Crippen LogP contribution in [0.4, 0.5) is 5.82 Å².